The van der Waals surface area contributed by atoms with Crippen LogP contribution in [-0.4, -0.2) is 76.4 Å². The zero-order valence-electron chi connectivity index (χ0n) is 18.0. The Bertz CT molecular complexity index is 985. The van der Waals surface area contributed by atoms with Crippen molar-refractivity contribution in [3.8, 4) is 11.5 Å². The molecule has 0 aliphatic carbocycles. The fourth-order valence-corrected chi connectivity index (χ4v) is 5.62. The predicted octanol–water partition coefficient (Wildman–Crippen LogP) is 1.99. The number of piperidine rings is 1. The van der Waals surface area contributed by atoms with Crippen molar-refractivity contribution in [3.05, 3.63) is 30.3 Å². The summed E-state index contributed by atoms with van der Waals surface area (Å²) >= 11 is 0. The number of nitrogens with zero attached hydrogens (tertiary/aromatic N) is 5. The Morgan fingerprint density at radius 1 is 0.774 bits per heavy atom. The monoisotopic (exact) mass is 447 g/mol. The van der Waals surface area contributed by atoms with E-state index in [4.69, 9.17) is 9.47 Å². The molecule has 0 N–H and O–H groups in total. The van der Waals surface area contributed by atoms with Crippen LogP contribution in [0.3, 0.4) is 0 Å². The summed E-state index contributed by atoms with van der Waals surface area (Å²) in [6, 6.07) is 8.74. The summed E-state index contributed by atoms with van der Waals surface area (Å²) in [4.78, 5) is 4.49. The van der Waals surface area contributed by atoms with E-state index in [1.807, 2.05) is 12.1 Å². The summed E-state index contributed by atoms with van der Waals surface area (Å²) in [5.41, 5.74) is 0. The molecule has 31 heavy (non-hydrogen) atoms. The molecule has 0 spiro atoms. The van der Waals surface area contributed by atoms with E-state index in [1.54, 1.807) is 12.1 Å². The lowest BCUT2D eigenvalue weighted by Crippen LogP contribution is -2.49. The van der Waals surface area contributed by atoms with Gasteiger partial charge in [-0.25, -0.2) is 8.42 Å². The average Bonchev–Trinajstić information content (AvgIpc) is 2.84. The highest BCUT2D eigenvalue weighted by Crippen LogP contribution is 2.31. The summed E-state index contributed by atoms with van der Waals surface area (Å²) in [6.07, 6.45) is 3.66. The first kappa shape index (κ1) is 21.6. The molecule has 168 valence electrons. The minimum absolute atomic E-state index is 0.148. The Hall–Kier alpha value is -2.59. The molecule has 0 radical (unpaired) electrons. The highest BCUT2D eigenvalue weighted by molar-refractivity contribution is 7.89. The van der Waals surface area contributed by atoms with Crippen LogP contribution in [0.15, 0.2) is 35.2 Å². The molecule has 2 aromatic rings. The van der Waals surface area contributed by atoms with E-state index in [1.165, 1.54) is 43.9 Å². The number of benzene rings is 1. The smallest absolute Gasteiger partial charge is 0.246 e. The molecule has 9 nitrogen and oxygen atoms in total. The number of ether oxygens (including phenoxy) is 2. The maximum absolute atomic E-state index is 13.2. The first-order valence-corrected chi connectivity index (χ1v) is 12.0. The van der Waals surface area contributed by atoms with Crippen LogP contribution in [0.25, 0.3) is 0 Å². The minimum Gasteiger partial charge on any atom is -0.497 e. The summed E-state index contributed by atoms with van der Waals surface area (Å²) in [7, 11) is -0.685. The molecule has 2 saturated heterocycles. The molecular weight excluding hydrogens is 418 g/mol. The largest absolute Gasteiger partial charge is 0.497 e. The second-order valence-corrected chi connectivity index (χ2v) is 9.61. The molecule has 0 unspecified atom stereocenters. The Balaban J connectivity index is 1.42. The van der Waals surface area contributed by atoms with Crippen LogP contribution < -0.4 is 19.3 Å². The van der Waals surface area contributed by atoms with Gasteiger partial charge in [0.15, 0.2) is 11.6 Å². The summed E-state index contributed by atoms with van der Waals surface area (Å²) < 4.78 is 38.3. The maximum Gasteiger partial charge on any atom is 0.246 e. The maximum atomic E-state index is 13.2. The zero-order valence-corrected chi connectivity index (χ0v) is 18.8. The quantitative estimate of drug-likeness (QED) is 0.664. The number of aromatic nitrogens is 2. The van der Waals surface area contributed by atoms with E-state index < -0.39 is 10.0 Å². The zero-order chi connectivity index (χ0) is 21.8. The van der Waals surface area contributed by atoms with Crippen molar-refractivity contribution < 1.29 is 17.9 Å². The molecule has 3 heterocycles. The third-order valence-corrected chi connectivity index (χ3v) is 7.81. The summed E-state index contributed by atoms with van der Waals surface area (Å²) in [5, 5.41) is 8.81. The van der Waals surface area contributed by atoms with Crippen molar-refractivity contribution in [3.63, 3.8) is 0 Å². The first-order valence-electron chi connectivity index (χ1n) is 10.6. The molecule has 2 aliphatic rings. The van der Waals surface area contributed by atoms with Gasteiger partial charge in [-0.15, -0.1) is 10.2 Å². The topological polar surface area (TPSA) is 88.1 Å². The van der Waals surface area contributed by atoms with Gasteiger partial charge in [-0.05, 0) is 43.5 Å². The van der Waals surface area contributed by atoms with Crippen LogP contribution in [0.1, 0.15) is 19.3 Å². The number of hydrogen-bond donors (Lipinski definition) is 0. The lowest BCUT2D eigenvalue weighted by atomic mass is 10.1. The second kappa shape index (κ2) is 9.27. The van der Waals surface area contributed by atoms with Gasteiger partial charge in [-0.1, -0.05) is 0 Å². The Morgan fingerprint density at radius 3 is 1.94 bits per heavy atom. The van der Waals surface area contributed by atoms with Crippen molar-refractivity contribution in [1.82, 2.24) is 14.5 Å². The fraction of sp³-hybridized carbons (Fsp3) is 0.524. The van der Waals surface area contributed by atoms with E-state index in [9.17, 15) is 8.42 Å². The van der Waals surface area contributed by atoms with Crippen molar-refractivity contribution in [2.45, 2.75) is 24.2 Å². The number of methoxy groups -OCH3 is 2. The molecule has 4 rings (SSSR count). The number of anilines is 2. The van der Waals surface area contributed by atoms with Crippen molar-refractivity contribution in [2.75, 3.05) is 63.3 Å². The van der Waals surface area contributed by atoms with E-state index in [-0.39, 0.29) is 10.6 Å². The van der Waals surface area contributed by atoms with E-state index in [2.05, 4.69) is 20.0 Å². The van der Waals surface area contributed by atoms with E-state index in [0.29, 0.717) is 31.9 Å². The highest BCUT2D eigenvalue weighted by Gasteiger charge is 2.31. The minimum atomic E-state index is -3.67. The van der Waals surface area contributed by atoms with Gasteiger partial charge in [-0.2, -0.15) is 4.31 Å². The molecule has 0 saturated carbocycles. The van der Waals surface area contributed by atoms with Gasteiger partial charge < -0.3 is 19.3 Å². The predicted molar refractivity (Wildman–Crippen MR) is 119 cm³/mol. The number of piperazine rings is 1. The van der Waals surface area contributed by atoms with Gasteiger partial charge in [0.05, 0.1) is 14.2 Å². The standard InChI is InChI=1S/C21H29N5O4S/c1-29-17-6-7-19(18(16-17)30-2)31(27,28)26-14-12-25(13-15-26)21-9-8-20(22-23-21)24-10-4-3-5-11-24/h6-9,16H,3-5,10-15H2,1-2H3. The number of sulfonamides is 1. The van der Waals surface area contributed by atoms with Crippen LogP contribution in [0.4, 0.5) is 11.6 Å². The Kier molecular flexibility index (Phi) is 6.47. The molecule has 2 aliphatic heterocycles. The number of hydrogen-bond acceptors (Lipinski definition) is 8. The van der Waals surface area contributed by atoms with Gasteiger partial charge in [0, 0.05) is 45.3 Å². The average molecular weight is 448 g/mol. The highest BCUT2D eigenvalue weighted by atomic mass is 32.2. The van der Waals surface area contributed by atoms with Crippen LogP contribution >= 0.6 is 0 Å². The van der Waals surface area contributed by atoms with Gasteiger partial charge >= 0.3 is 0 Å². The molecule has 0 bridgehead atoms. The third kappa shape index (κ3) is 4.54. The van der Waals surface area contributed by atoms with Crippen LogP contribution in [0.5, 0.6) is 11.5 Å². The van der Waals surface area contributed by atoms with Gasteiger partial charge in [0.1, 0.15) is 16.4 Å². The molecule has 1 aromatic heterocycles. The molecule has 2 fully saturated rings. The van der Waals surface area contributed by atoms with Crippen molar-refractivity contribution >= 4 is 21.7 Å². The van der Waals surface area contributed by atoms with Crippen molar-refractivity contribution in [1.29, 1.82) is 0 Å². The van der Waals surface area contributed by atoms with Crippen LogP contribution in [0.2, 0.25) is 0 Å². The SMILES string of the molecule is COc1ccc(S(=O)(=O)N2CCN(c3ccc(N4CCCCC4)nn3)CC2)c(OC)c1. The fourth-order valence-electron chi connectivity index (χ4n) is 4.06. The normalized spacial score (nSPS) is 18.1. The summed E-state index contributed by atoms with van der Waals surface area (Å²) in [5.74, 6) is 2.52. The van der Waals surface area contributed by atoms with Gasteiger partial charge in [0.25, 0.3) is 0 Å². The number of rotatable bonds is 6. The lowest BCUT2D eigenvalue weighted by Gasteiger charge is -2.35. The summed E-state index contributed by atoms with van der Waals surface area (Å²) in [6.45, 7) is 3.89. The lowest BCUT2D eigenvalue weighted by molar-refractivity contribution is 0.369. The van der Waals surface area contributed by atoms with Crippen LogP contribution in [0, 0.1) is 0 Å². The molecule has 0 atom stereocenters. The molecule has 1 aromatic carbocycles. The molecule has 0 amide bonds. The van der Waals surface area contributed by atoms with E-state index in [0.717, 1.165) is 24.7 Å². The van der Waals surface area contributed by atoms with Crippen LogP contribution in [-0.2, 0) is 10.0 Å². The Morgan fingerprint density at radius 2 is 1.39 bits per heavy atom. The first-order chi connectivity index (χ1) is 15.0. The van der Waals surface area contributed by atoms with E-state index >= 15 is 0 Å². The van der Waals surface area contributed by atoms with Gasteiger partial charge in [-0.3, -0.25) is 0 Å². The van der Waals surface area contributed by atoms with Crippen molar-refractivity contribution in [2.24, 2.45) is 0 Å². The molecular formula is C21H29N5O4S. The molecule has 10 heteroatoms. The second-order valence-electron chi connectivity index (χ2n) is 7.71. The Labute approximate surface area is 183 Å². The van der Waals surface area contributed by atoms with Gasteiger partial charge in [0.2, 0.25) is 10.0 Å². The third-order valence-electron chi connectivity index (χ3n) is 5.87.